The van der Waals surface area contributed by atoms with Crippen molar-refractivity contribution < 1.29 is 14.3 Å². The largest absolute Gasteiger partial charge is 0.398 e. The third kappa shape index (κ3) is 3.93. The van der Waals surface area contributed by atoms with E-state index in [2.05, 4.69) is 38.8 Å². The maximum Gasteiger partial charge on any atom is 0.194 e. The standard InChI is InChI=1S/C22H35NO3Si/c1-21(2,3)27(4,5)26-20-22(25,18-9-7-6-8-10-18)13-14-23(20)19-12-11-17(15-19)16-24/h6-10,16-17,19-20,25H,11-15H2,1-5H3/t17?,19-,20?,22-/m1/s1. The van der Waals surface area contributed by atoms with E-state index in [1.165, 1.54) is 0 Å². The van der Waals surface area contributed by atoms with Crippen LogP contribution in [0.4, 0.5) is 0 Å². The van der Waals surface area contributed by atoms with Gasteiger partial charge in [-0.15, -0.1) is 0 Å². The predicted octanol–water partition coefficient (Wildman–Crippen LogP) is 4.30. The van der Waals surface area contributed by atoms with Crippen LogP contribution in [0.2, 0.25) is 18.1 Å². The monoisotopic (exact) mass is 389 g/mol. The molecular formula is C22H35NO3Si. The molecule has 2 aliphatic rings. The van der Waals surface area contributed by atoms with Crippen LogP contribution in [0, 0.1) is 5.92 Å². The van der Waals surface area contributed by atoms with Gasteiger partial charge < -0.3 is 14.3 Å². The molecule has 4 nitrogen and oxygen atoms in total. The van der Waals surface area contributed by atoms with Gasteiger partial charge >= 0.3 is 0 Å². The molecule has 0 bridgehead atoms. The fourth-order valence-corrected chi connectivity index (χ4v) is 5.48. The third-order valence-corrected chi connectivity index (χ3v) is 11.5. The molecule has 2 unspecified atom stereocenters. The highest BCUT2D eigenvalue weighted by atomic mass is 28.4. The van der Waals surface area contributed by atoms with E-state index in [0.29, 0.717) is 12.5 Å². The zero-order valence-corrected chi connectivity index (χ0v) is 18.4. The van der Waals surface area contributed by atoms with Gasteiger partial charge in [0.05, 0.1) is 0 Å². The fourth-order valence-electron chi connectivity index (χ4n) is 4.24. The van der Waals surface area contributed by atoms with E-state index in [-0.39, 0.29) is 17.2 Å². The van der Waals surface area contributed by atoms with Crippen LogP contribution in [0.5, 0.6) is 0 Å². The van der Waals surface area contributed by atoms with E-state index in [1.54, 1.807) is 0 Å². The first-order valence-corrected chi connectivity index (χ1v) is 13.2. The lowest BCUT2D eigenvalue weighted by molar-refractivity contribution is -0.114. The summed E-state index contributed by atoms with van der Waals surface area (Å²) in [5.41, 5.74) is -0.0723. The Morgan fingerprint density at radius 3 is 2.44 bits per heavy atom. The van der Waals surface area contributed by atoms with Crippen LogP contribution in [-0.2, 0) is 14.8 Å². The van der Waals surface area contributed by atoms with Crippen molar-refractivity contribution in [1.29, 1.82) is 0 Å². The Morgan fingerprint density at radius 1 is 1.22 bits per heavy atom. The average Bonchev–Trinajstić information content (AvgIpc) is 3.20. The first-order chi connectivity index (χ1) is 12.6. The molecule has 4 atom stereocenters. The van der Waals surface area contributed by atoms with Gasteiger partial charge in [-0.25, -0.2) is 0 Å². The molecular weight excluding hydrogens is 354 g/mol. The number of carbonyl (C=O) groups excluding carboxylic acids is 1. The van der Waals surface area contributed by atoms with E-state index in [0.717, 1.165) is 37.7 Å². The molecule has 1 aromatic carbocycles. The first kappa shape index (κ1) is 20.7. The van der Waals surface area contributed by atoms with Gasteiger partial charge in [0.2, 0.25) is 0 Å². The maximum absolute atomic E-state index is 11.8. The highest BCUT2D eigenvalue weighted by molar-refractivity contribution is 6.74. The topological polar surface area (TPSA) is 49.8 Å². The van der Waals surface area contributed by atoms with E-state index in [4.69, 9.17) is 4.43 Å². The lowest BCUT2D eigenvalue weighted by atomic mass is 9.91. The summed E-state index contributed by atoms with van der Waals surface area (Å²) in [5, 5.41) is 11.9. The summed E-state index contributed by atoms with van der Waals surface area (Å²) in [5.74, 6) is 0.147. The molecule has 2 fully saturated rings. The van der Waals surface area contributed by atoms with E-state index in [9.17, 15) is 9.90 Å². The molecule has 1 saturated heterocycles. The molecule has 1 saturated carbocycles. The van der Waals surface area contributed by atoms with Crippen LogP contribution >= 0.6 is 0 Å². The average molecular weight is 390 g/mol. The Morgan fingerprint density at radius 2 is 1.89 bits per heavy atom. The summed E-state index contributed by atoms with van der Waals surface area (Å²) in [4.78, 5) is 13.6. The number of aliphatic hydroxyl groups is 1. The van der Waals surface area contributed by atoms with Gasteiger partial charge in [0.1, 0.15) is 18.1 Å². The van der Waals surface area contributed by atoms with Crippen LogP contribution in [0.15, 0.2) is 30.3 Å². The Kier molecular flexibility index (Phi) is 5.70. The van der Waals surface area contributed by atoms with Crippen molar-refractivity contribution in [3.8, 4) is 0 Å². The van der Waals surface area contributed by atoms with Crippen LogP contribution in [-0.4, -0.2) is 43.4 Å². The number of hydrogen-bond acceptors (Lipinski definition) is 4. The number of aldehydes is 1. The maximum atomic E-state index is 11.8. The first-order valence-electron chi connectivity index (χ1n) is 10.3. The molecule has 0 amide bonds. The third-order valence-electron chi connectivity index (χ3n) is 7.05. The number of rotatable bonds is 5. The summed E-state index contributed by atoms with van der Waals surface area (Å²) in [7, 11) is -2.08. The van der Waals surface area contributed by atoms with Gasteiger partial charge in [0, 0.05) is 18.5 Å². The minimum Gasteiger partial charge on any atom is -0.398 e. The van der Waals surface area contributed by atoms with E-state index in [1.807, 2.05) is 30.3 Å². The van der Waals surface area contributed by atoms with Gasteiger partial charge in [0.25, 0.3) is 0 Å². The van der Waals surface area contributed by atoms with Gasteiger partial charge in [-0.1, -0.05) is 51.1 Å². The van der Waals surface area contributed by atoms with Gasteiger partial charge in [0.15, 0.2) is 8.32 Å². The number of nitrogens with zero attached hydrogens (tertiary/aromatic N) is 1. The fraction of sp³-hybridized carbons (Fsp3) is 0.682. The minimum absolute atomic E-state index is 0.0693. The Labute approximate surface area is 165 Å². The number of benzene rings is 1. The molecule has 1 heterocycles. The molecule has 1 aliphatic heterocycles. The van der Waals surface area contributed by atoms with Crippen molar-refractivity contribution in [3.05, 3.63) is 35.9 Å². The second kappa shape index (κ2) is 7.43. The lowest BCUT2D eigenvalue weighted by Gasteiger charge is -2.45. The van der Waals surface area contributed by atoms with Gasteiger partial charge in [-0.3, -0.25) is 4.90 Å². The summed E-state index contributed by atoms with van der Waals surface area (Å²) in [6.07, 6.45) is 4.25. The molecule has 1 N–H and O–H groups in total. The zero-order valence-electron chi connectivity index (χ0n) is 17.4. The number of likely N-dealkylation sites (tertiary alicyclic amines) is 1. The predicted molar refractivity (Wildman–Crippen MR) is 111 cm³/mol. The molecule has 5 heteroatoms. The number of hydrogen-bond donors (Lipinski definition) is 1. The van der Waals surface area contributed by atoms with Gasteiger partial charge in [-0.05, 0) is 49.4 Å². The Hall–Kier alpha value is -1.01. The Balaban J connectivity index is 1.94. The van der Waals surface area contributed by atoms with E-state index >= 15 is 0 Å². The number of carbonyl (C=O) groups is 1. The molecule has 0 radical (unpaired) electrons. The van der Waals surface area contributed by atoms with Crippen molar-refractivity contribution in [2.75, 3.05) is 6.54 Å². The smallest absolute Gasteiger partial charge is 0.194 e. The highest BCUT2D eigenvalue weighted by Crippen LogP contribution is 2.46. The molecule has 0 aromatic heterocycles. The van der Waals surface area contributed by atoms with Crippen molar-refractivity contribution >= 4 is 14.6 Å². The SMILES string of the molecule is CC(C)(C)[Si](C)(C)OC1N([C@@H]2CCC(C=O)C2)CC[C@@]1(O)c1ccccc1. The quantitative estimate of drug-likeness (QED) is 0.603. The lowest BCUT2D eigenvalue weighted by Crippen LogP contribution is -2.55. The molecule has 0 spiro atoms. The van der Waals surface area contributed by atoms with Crippen molar-refractivity contribution in [2.24, 2.45) is 5.92 Å². The highest BCUT2D eigenvalue weighted by Gasteiger charge is 2.54. The molecule has 1 aromatic rings. The zero-order chi connectivity index (χ0) is 19.9. The summed E-state index contributed by atoms with van der Waals surface area (Å²) in [6, 6.07) is 10.3. The molecule has 150 valence electrons. The summed E-state index contributed by atoms with van der Waals surface area (Å²) < 4.78 is 6.85. The second-order valence-electron chi connectivity index (χ2n) is 9.87. The minimum atomic E-state index is -2.08. The van der Waals surface area contributed by atoms with Crippen molar-refractivity contribution in [1.82, 2.24) is 4.90 Å². The normalized spacial score (nSPS) is 32.7. The van der Waals surface area contributed by atoms with Crippen molar-refractivity contribution in [2.45, 2.75) is 82.5 Å². The van der Waals surface area contributed by atoms with Crippen LogP contribution < -0.4 is 0 Å². The molecule has 27 heavy (non-hydrogen) atoms. The van der Waals surface area contributed by atoms with Crippen molar-refractivity contribution in [3.63, 3.8) is 0 Å². The van der Waals surface area contributed by atoms with Crippen LogP contribution in [0.25, 0.3) is 0 Å². The second-order valence-corrected chi connectivity index (χ2v) is 14.6. The summed E-state index contributed by atoms with van der Waals surface area (Å²) in [6.45, 7) is 12.0. The Bertz CT molecular complexity index is 657. The van der Waals surface area contributed by atoms with Gasteiger partial charge in [-0.2, -0.15) is 0 Å². The van der Waals surface area contributed by atoms with Crippen LogP contribution in [0.1, 0.15) is 52.0 Å². The van der Waals surface area contributed by atoms with Crippen LogP contribution in [0.3, 0.4) is 0 Å². The molecule has 1 aliphatic carbocycles. The van der Waals surface area contributed by atoms with E-state index < -0.39 is 13.9 Å². The summed E-state index contributed by atoms with van der Waals surface area (Å²) >= 11 is 0. The molecule has 3 rings (SSSR count).